The minimum atomic E-state index is -0.317. The summed E-state index contributed by atoms with van der Waals surface area (Å²) >= 11 is 1.33. The number of para-hydroxylation sites is 1. The first-order chi connectivity index (χ1) is 14.2. The SMILES string of the molecule is CC(=O)N(c1ccccc1)c1nc(/C=C/C(=O)Nc2cnc(C(C)(C)C)nc2)cs1. The van der Waals surface area contributed by atoms with E-state index in [2.05, 4.69) is 20.3 Å². The van der Waals surface area contributed by atoms with Gasteiger partial charge in [-0.25, -0.2) is 15.0 Å². The molecule has 0 saturated carbocycles. The highest BCUT2D eigenvalue weighted by Gasteiger charge is 2.18. The number of nitrogens with zero attached hydrogens (tertiary/aromatic N) is 4. The normalized spacial score (nSPS) is 11.5. The number of hydrogen-bond acceptors (Lipinski definition) is 6. The molecule has 0 aliphatic carbocycles. The molecule has 1 N–H and O–H groups in total. The Morgan fingerprint density at radius 1 is 1.10 bits per heavy atom. The van der Waals surface area contributed by atoms with E-state index in [4.69, 9.17) is 0 Å². The first-order valence-corrected chi connectivity index (χ1v) is 10.2. The molecule has 0 saturated heterocycles. The second kappa shape index (κ2) is 8.96. The number of thiazole rings is 1. The Hall–Kier alpha value is -3.39. The topological polar surface area (TPSA) is 88.1 Å². The first kappa shape index (κ1) is 21.3. The summed E-state index contributed by atoms with van der Waals surface area (Å²) < 4.78 is 0. The number of carbonyl (C=O) groups is 2. The van der Waals surface area contributed by atoms with Crippen LogP contribution < -0.4 is 10.2 Å². The maximum absolute atomic E-state index is 12.2. The van der Waals surface area contributed by atoms with Gasteiger partial charge in [0.2, 0.25) is 11.8 Å². The molecule has 0 aliphatic rings. The minimum Gasteiger partial charge on any atom is -0.320 e. The Labute approximate surface area is 179 Å². The maximum atomic E-state index is 12.2. The van der Waals surface area contributed by atoms with Gasteiger partial charge in [0.25, 0.3) is 0 Å². The predicted molar refractivity (Wildman–Crippen MR) is 120 cm³/mol. The summed E-state index contributed by atoms with van der Waals surface area (Å²) in [5, 5.41) is 5.06. The largest absolute Gasteiger partial charge is 0.320 e. The van der Waals surface area contributed by atoms with E-state index >= 15 is 0 Å². The van der Waals surface area contributed by atoms with Gasteiger partial charge in [0.15, 0.2) is 5.13 Å². The molecule has 0 aliphatic heterocycles. The number of aromatic nitrogens is 3. The molecule has 2 heterocycles. The summed E-state index contributed by atoms with van der Waals surface area (Å²) in [5.41, 5.74) is 1.69. The van der Waals surface area contributed by atoms with Crippen molar-refractivity contribution in [2.75, 3.05) is 10.2 Å². The lowest BCUT2D eigenvalue weighted by atomic mass is 9.96. The van der Waals surface area contributed by atoms with Crippen molar-refractivity contribution in [3.63, 3.8) is 0 Å². The van der Waals surface area contributed by atoms with Crippen LogP contribution >= 0.6 is 11.3 Å². The summed E-state index contributed by atoms with van der Waals surface area (Å²) in [6, 6.07) is 9.30. The molecule has 8 heteroatoms. The molecule has 0 fully saturated rings. The molecule has 7 nitrogen and oxygen atoms in total. The predicted octanol–water partition coefficient (Wildman–Crippen LogP) is 4.57. The molecule has 3 aromatic rings. The Balaban J connectivity index is 1.67. The van der Waals surface area contributed by atoms with Crippen molar-refractivity contribution in [3.8, 4) is 0 Å². The number of carbonyl (C=O) groups excluding carboxylic acids is 2. The van der Waals surface area contributed by atoms with Crippen LogP contribution in [0.4, 0.5) is 16.5 Å². The van der Waals surface area contributed by atoms with E-state index in [1.807, 2.05) is 51.1 Å². The fourth-order valence-corrected chi connectivity index (χ4v) is 3.44. The third-order valence-corrected chi connectivity index (χ3v) is 4.87. The van der Waals surface area contributed by atoms with Crippen molar-refractivity contribution in [1.29, 1.82) is 0 Å². The van der Waals surface area contributed by atoms with E-state index in [9.17, 15) is 9.59 Å². The van der Waals surface area contributed by atoms with Gasteiger partial charge in [-0.3, -0.25) is 14.5 Å². The van der Waals surface area contributed by atoms with E-state index in [-0.39, 0.29) is 17.2 Å². The van der Waals surface area contributed by atoms with Gasteiger partial charge in [0.1, 0.15) is 5.82 Å². The minimum absolute atomic E-state index is 0.137. The Morgan fingerprint density at radius 3 is 2.37 bits per heavy atom. The van der Waals surface area contributed by atoms with E-state index in [0.29, 0.717) is 22.3 Å². The zero-order valence-corrected chi connectivity index (χ0v) is 18.1. The molecule has 0 atom stereocenters. The zero-order chi connectivity index (χ0) is 21.7. The lowest BCUT2D eigenvalue weighted by Gasteiger charge is -2.17. The summed E-state index contributed by atoms with van der Waals surface area (Å²) in [6.07, 6.45) is 6.16. The van der Waals surface area contributed by atoms with Crippen molar-refractivity contribution in [3.05, 3.63) is 65.7 Å². The Morgan fingerprint density at radius 2 is 1.77 bits per heavy atom. The van der Waals surface area contributed by atoms with Crippen LogP contribution in [0.1, 0.15) is 39.2 Å². The highest BCUT2D eigenvalue weighted by atomic mass is 32.1. The fourth-order valence-electron chi connectivity index (χ4n) is 2.58. The van der Waals surface area contributed by atoms with Crippen LogP contribution in [-0.4, -0.2) is 26.8 Å². The number of rotatable bonds is 5. The van der Waals surface area contributed by atoms with Crippen LogP contribution in [-0.2, 0) is 15.0 Å². The van der Waals surface area contributed by atoms with E-state index in [1.165, 1.54) is 29.2 Å². The molecule has 0 bridgehead atoms. The summed E-state index contributed by atoms with van der Waals surface area (Å²) in [7, 11) is 0. The van der Waals surface area contributed by atoms with Gasteiger partial charge in [-0.1, -0.05) is 39.0 Å². The van der Waals surface area contributed by atoms with Crippen molar-refractivity contribution in [2.45, 2.75) is 33.1 Å². The first-order valence-electron chi connectivity index (χ1n) is 9.37. The van der Waals surface area contributed by atoms with E-state index in [0.717, 1.165) is 5.69 Å². The van der Waals surface area contributed by atoms with Gasteiger partial charge in [-0.2, -0.15) is 0 Å². The molecule has 30 heavy (non-hydrogen) atoms. The van der Waals surface area contributed by atoms with Gasteiger partial charge in [0, 0.05) is 23.8 Å². The second-order valence-electron chi connectivity index (χ2n) is 7.61. The van der Waals surface area contributed by atoms with Crippen LogP contribution in [0.2, 0.25) is 0 Å². The van der Waals surface area contributed by atoms with Gasteiger partial charge in [-0.15, -0.1) is 11.3 Å². The average molecular weight is 422 g/mol. The second-order valence-corrected chi connectivity index (χ2v) is 8.45. The lowest BCUT2D eigenvalue weighted by molar-refractivity contribution is -0.116. The average Bonchev–Trinajstić information content (AvgIpc) is 3.15. The fraction of sp³-hybridized carbons (Fsp3) is 0.227. The van der Waals surface area contributed by atoms with Gasteiger partial charge in [0.05, 0.1) is 29.5 Å². The third-order valence-electron chi connectivity index (χ3n) is 4.03. The summed E-state index contributed by atoms with van der Waals surface area (Å²) in [6.45, 7) is 7.56. The molecule has 154 valence electrons. The maximum Gasteiger partial charge on any atom is 0.248 e. The van der Waals surface area contributed by atoms with Crippen LogP contribution in [0.3, 0.4) is 0 Å². The van der Waals surface area contributed by atoms with E-state index in [1.54, 1.807) is 23.8 Å². The van der Waals surface area contributed by atoms with Gasteiger partial charge in [-0.05, 0) is 18.2 Å². The number of benzene rings is 1. The lowest BCUT2D eigenvalue weighted by Crippen LogP contribution is -2.22. The highest BCUT2D eigenvalue weighted by Crippen LogP contribution is 2.29. The van der Waals surface area contributed by atoms with Crippen LogP contribution in [0.5, 0.6) is 0 Å². The number of hydrogen-bond donors (Lipinski definition) is 1. The van der Waals surface area contributed by atoms with Gasteiger partial charge < -0.3 is 5.32 Å². The van der Waals surface area contributed by atoms with Crippen molar-refractivity contribution < 1.29 is 9.59 Å². The zero-order valence-electron chi connectivity index (χ0n) is 17.3. The highest BCUT2D eigenvalue weighted by molar-refractivity contribution is 7.14. The number of amides is 2. The third kappa shape index (κ3) is 5.36. The molecule has 2 amide bonds. The van der Waals surface area contributed by atoms with Crippen molar-refractivity contribution in [2.24, 2.45) is 0 Å². The molecule has 3 rings (SSSR count). The van der Waals surface area contributed by atoms with Gasteiger partial charge >= 0.3 is 0 Å². The molecule has 2 aromatic heterocycles. The molecule has 0 unspecified atom stereocenters. The number of anilines is 3. The molecule has 1 aromatic carbocycles. The number of nitrogens with one attached hydrogen (secondary N) is 1. The van der Waals surface area contributed by atoms with Crippen LogP contribution in [0.25, 0.3) is 6.08 Å². The van der Waals surface area contributed by atoms with Crippen molar-refractivity contribution >= 4 is 45.7 Å². The van der Waals surface area contributed by atoms with E-state index < -0.39 is 0 Å². The monoisotopic (exact) mass is 421 g/mol. The smallest absolute Gasteiger partial charge is 0.248 e. The molecular formula is C22H23N5O2S. The van der Waals surface area contributed by atoms with Crippen LogP contribution in [0.15, 0.2) is 54.2 Å². The molecule has 0 radical (unpaired) electrons. The molecule has 0 spiro atoms. The standard InChI is InChI=1S/C22H23N5O2S/c1-15(28)27(18-8-6-5-7-9-18)21-26-16(14-30-21)10-11-19(29)25-17-12-23-20(24-13-17)22(2,3)4/h5-14H,1-4H3,(H,25,29)/b11-10+. The Bertz CT molecular complexity index is 1050. The Kier molecular flexibility index (Phi) is 6.37. The molecular weight excluding hydrogens is 398 g/mol. The summed E-state index contributed by atoms with van der Waals surface area (Å²) in [4.78, 5) is 38.9. The quantitative estimate of drug-likeness (QED) is 0.610. The summed E-state index contributed by atoms with van der Waals surface area (Å²) in [5.74, 6) is 0.255. The van der Waals surface area contributed by atoms with Crippen LogP contribution in [0, 0.1) is 0 Å². The van der Waals surface area contributed by atoms with Crippen molar-refractivity contribution in [1.82, 2.24) is 15.0 Å².